The summed E-state index contributed by atoms with van der Waals surface area (Å²) in [6.07, 6.45) is 2.90. The third-order valence-electron chi connectivity index (χ3n) is 4.22. The van der Waals surface area contributed by atoms with Crippen LogP contribution in [-0.4, -0.2) is 55.5 Å². The van der Waals surface area contributed by atoms with Gasteiger partial charge in [-0.25, -0.2) is 4.79 Å². The van der Waals surface area contributed by atoms with Crippen molar-refractivity contribution in [3.05, 3.63) is 59.7 Å². The SMILES string of the molecule is COc1cc(/C=C/C(=O)Nc2ccccc2C(=O)ON2CCOCC2)ccc1O. The maximum absolute atomic E-state index is 12.5. The average Bonchev–Trinajstić information content (AvgIpc) is 2.74. The summed E-state index contributed by atoms with van der Waals surface area (Å²) in [7, 11) is 1.45. The zero-order chi connectivity index (χ0) is 20.6. The van der Waals surface area contributed by atoms with Gasteiger partial charge in [0.2, 0.25) is 5.91 Å². The number of carbonyl (C=O) groups excluding carboxylic acids is 2. The minimum absolute atomic E-state index is 0.0156. The molecule has 0 spiro atoms. The first kappa shape index (κ1) is 20.4. The van der Waals surface area contributed by atoms with Crippen molar-refractivity contribution in [1.29, 1.82) is 0 Å². The normalized spacial score (nSPS) is 14.5. The summed E-state index contributed by atoms with van der Waals surface area (Å²) < 4.78 is 10.3. The molecule has 1 saturated heterocycles. The van der Waals surface area contributed by atoms with Gasteiger partial charge in [0.1, 0.15) is 0 Å². The Labute approximate surface area is 168 Å². The number of anilines is 1. The molecule has 3 rings (SSSR count). The fourth-order valence-corrected chi connectivity index (χ4v) is 2.72. The lowest BCUT2D eigenvalue weighted by Gasteiger charge is -2.25. The first-order valence-electron chi connectivity index (χ1n) is 9.07. The van der Waals surface area contributed by atoms with Crippen LogP contribution in [0.2, 0.25) is 0 Å². The molecule has 0 atom stereocenters. The molecule has 1 heterocycles. The number of phenolic OH excluding ortho intramolecular Hbond substituents is 1. The lowest BCUT2D eigenvalue weighted by atomic mass is 10.1. The molecule has 1 fully saturated rings. The van der Waals surface area contributed by atoms with E-state index in [1.165, 1.54) is 19.3 Å². The Kier molecular flexibility index (Phi) is 6.83. The number of amides is 1. The fraction of sp³-hybridized carbons (Fsp3) is 0.238. The number of hydrogen-bond acceptors (Lipinski definition) is 7. The van der Waals surface area contributed by atoms with Crippen LogP contribution in [0.5, 0.6) is 11.5 Å². The van der Waals surface area contributed by atoms with Gasteiger partial charge in [-0.05, 0) is 35.9 Å². The van der Waals surface area contributed by atoms with Gasteiger partial charge in [-0.15, -0.1) is 5.06 Å². The van der Waals surface area contributed by atoms with Crippen LogP contribution in [-0.2, 0) is 14.4 Å². The van der Waals surface area contributed by atoms with Crippen molar-refractivity contribution >= 4 is 23.6 Å². The van der Waals surface area contributed by atoms with Gasteiger partial charge in [0.15, 0.2) is 11.5 Å². The first-order valence-corrected chi connectivity index (χ1v) is 9.07. The highest BCUT2D eigenvalue weighted by Gasteiger charge is 2.19. The molecule has 0 radical (unpaired) electrons. The number of para-hydroxylation sites is 1. The summed E-state index contributed by atoms with van der Waals surface area (Å²) in [6, 6.07) is 11.4. The van der Waals surface area contributed by atoms with E-state index in [2.05, 4.69) is 5.32 Å². The van der Waals surface area contributed by atoms with Gasteiger partial charge in [-0.1, -0.05) is 18.2 Å². The van der Waals surface area contributed by atoms with E-state index in [1.54, 1.807) is 47.5 Å². The molecule has 0 aromatic heterocycles. The van der Waals surface area contributed by atoms with Crippen molar-refractivity contribution in [3.8, 4) is 11.5 Å². The number of hydroxylamine groups is 2. The van der Waals surface area contributed by atoms with Gasteiger partial charge in [0.05, 0.1) is 44.7 Å². The largest absolute Gasteiger partial charge is 0.504 e. The molecule has 1 aliphatic heterocycles. The molecule has 2 aromatic carbocycles. The van der Waals surface area contributed by atoms with E-state index in [9.17, 15) is 14.7 Å². The van der Waals surface area contributed by atoms with Crippen molar-refractivity contribution in [2.45, 2.75) is 0 Å². The number of carbonyl (C=O) groups is 2. The quantitative estimate of drug-likeness (QED) is 0.722. The highest BCUT2D eigenvalue weighted by molar-refractivity contribution is 6.06. The molecule has 0 saturated carbocycles. The number of aromatic hydroxyl groups is 1. The van der Waals surface area contributed by atoms with Gasteiger partial charge >= 0.3 is 5.97 Å². The maximum Gasteiger partial charge on any atom is 0.359 e. The summed E-state index contributed by atoms with van der Waals surface area (Å²) in [5.74, 6) is -0.635. The molecule has 8 heteroatoms. The Morgan fingerprint density at radius 2 is 1.93 bits per heavy atom. The van der Waals surface area contributed by atoms with E-state index in [0.29, 0.717) is 43.3 Å². The van der Waals surface area contributed by atoms with Gasteiger partial charge in [-0.2, -0.15) is 0 Å². The highest BCUT2D eigenvalue weighted by Crippen LogP contribution is 2.26. The molecule has 8 nitrogen and oxygen atoms in total. The zero-order valence-electron chi connectivity index (χ0n) is 16.0. The number of hydrogen-bond donors (Lipinski definition) is 2. The molecule has 0 aliphatic carbocycles. The van der Waals surface area contributed by atoms with Crippen LogP contribution in [0.25, 0.3) is 6.08 Å². The predicted octanol–water partition coefficient (Wildman–Crippen LogP) is 2.46. The fourth-order valence-electron chi connectivity index (χ4n) is 2.72. The van der Waals surface area contributed by atoms with E-state index >= 15 is 0 Å². The van der Waals surface area contributed by atoms with Crippen LogP contribution in [0.4, 0.5) is 5.69 Å². The standard InChI is InChI=1S/C21H22N2O6/c1-27-19-14-15(6-8-18(19)24)7-9-20(25)22-17-5-3-2-4-16(17)21(26)29-23-10-12-28-13-11-23/h2-9,14,24H,10-13H2,1H3,(H,22,25)/b9-7+. The van der Waals surface area contributed by atoms with Crippen LogP contribution in [0.3, 0.4) is 0 Å². The second-order valence-corrected chi connectivity index (χ2v) is 6.22. The zero-order valence-corrected chi connectivity index (χ0v) is 16.0. The van der Waals surface area contributed by atoms with Crippen LogP contribution in [0, 0.1) is 0 Å². The van der Waals surface area contributed by atoms with Gasteiger partial charge in [0.25, 0.3) is 0 Å². The second kappa shape index (κ2) is 9.72. The van der Waals surface area contributed by atoms with Crippen LogP contribution < -0.4 is 10.1 Å². The van der Waals surface area contributed by atoms with Crippen molar-refractivity contribution in [3.63, 3.8) is 0 Å². The minimum atomic E-state index is -0.546. The Bertz CT molecular complexity index is 906. The molecule has 2 aromatic rings. The van der Waals surface area contributed by atoms with E-state index in [1.807, 2.05) is 0 Å². The summed E-state index contributed by atoms with van der Waals surface area (Å²) in [6.45, 7) is 2.00. The van der Waals surface area contributed by atoms with Gasteiger partial charge < -0.3 is 24.7 Å². The molecule has 1 aliphatic rings. The van der Waals surface area contributed by atoms with Gasteiger partial charge in [0, 0.05) is 6.08 Å². The lowest BCUT2D eigenvalue weighted by molar-refractivity contribution is -0.150. The van der Waals surface area contributed by atoms with E-state index in [-0.39, 0.29) is 11.3 Å². The van der Waals surface area contributed by atoms with E-state index in [4.69, 9.17) is 14.3 Å². The third-order valence-corrected chi connectivity index (χ3v) is 4.22. The second-order valence-electron chi connectivity index (χ2n) is 6.22. The van der Waals surface area contributed by atoms with Crippen LogP contribution in [0.15, 0.2) is 48.5 Å². The number of benzene rings is 2. The van der Waals surface area contributed by atoms with E-state index in [0.717, 1.165) is 0 Å². The number of ether oxygens (including phenoxy) is 2. The average molecular weight is 398 g/mol. The molecule has 0 bridgehead atoms. The number of phenols is 1. The monoisotopic (exact) mass is 398 g/mol. The van der Waals surface area contributed by atoms with Crippen LogP contribution >= 0.6 is 0 Å². The van der Waals surface area contributed by atoms with Crippen molar-refractivity contribution in [1.82, 2.24) is 5.06 Å². The number of morpholine rings is 1. The number of methoxy groups -OCH3 is 1. The summed E-state index contributed by atoms with van der Waals surface area (Å²) in [5, 5.41) is 13.9. The molecular formula is C21H22N2O6. The molecule has 0 unspecified atom stereocenters. The Balaban J connectivity index is 1.66. The topological polar surface area (TPSA) is 97.3 Å². The molecular weight excluding hydrogens is 376 g/mol. The number of nitrogens with zero attached hydrogens (tertiary/aromatic N) is 1. The number of nitrogens with one attached hydrogen (secondary N) is 1. The molecule has 29 heavy (non-hydrogen) atoms. The Morgan fingerprint density at radius 3 is 2.69 bits per heavy atom. The van der Waals surface area contributed by atoms with Crippen molar-refractivity contribution in [2.24, 2.45) is 0 Å². The number of rotatable bonds is 6. The van der Waals surface area contributed by atoms with Gasteiger partial charge in [-0.3, -0.25) is 4.79 Å². The highest BCUT2D eigenvalue weighted by atomic mass is 16.7. The summed E-state index contributed by atoms with van der Waals surface area (Å²) in [5.41, 5.74) is 1.28. The summed E-state index contributed by atoms with van der Waals surface area (Å²) in [4.78, 5) is 30.2. The maximum atomic E-state index is 12.5. The third kappa shape index (κ3) is 5.56. The molecule has 2 N–H and O–H groups in total. The first-order chi connectivity index (χ1) is 14.1. The predicted molar refractivity (Wildman–Crippen MR) is 107 cm³/mol. The lowest BCUT2D eigenvalue weighted by Crippen LogP contribution is -2.38. The Hall–Kier alpha value is -3.36. The molecule has 1 amide bonds. The van der Waals surface area contributed by atoms with Crippen molar-refractivity contribution in [2.75, 3.05) is 38.7 Å². The van der Waals surface area contributed by atoms with Crippen LogP contribution in [0.1, 0.15) is 15.9 Å². The van der Waals surface area contributed by atoms with Crippen molar-refractivity contribution < 1.29 is 29.0 Å². The Morgan fingerprint density at radius 1 is 1.17 bits per heavy atom. The van der Waals surface area contributed by atoms with E-state index < -0.39 is 11.9 Å². The summed E-state index contributed by atoms with van der Waals surface area (Å²) >= 11 is 0. The smallest absolute Gasteiger partial charge is 0.359 e. The minimum Gasteiger partial charge on any atom is -0.504 e. The molecule has 152 valence electrons.